The van der Waals surface area contributed by atoms with Crippen molar-refractivity contribution in [3.05, 3.63) is 48.3 Å². The number of rotatable bonds is 7. The Labute approximate surface area is 161 Å². The first-order chi connectivity index (χ1) is 13.4. The van der Waals surface area contributed by atoms with Gasteiger partial charge in [-0.25, -0.2) is 4.68 Å². The summed E-state index contributed by atoms with van der Waals surface area (Å²) in [5.41, 5.74) is 1.29. The first kappa shape index (κ1) is 20.3. The van der Waals surface area contributed by atoms with Crippen LogP contribution in [0.3, 0.4) is 0 Å². The summed E-state index contributed by atoms with van der Waals surface area (Å²) in [7, 11) is 0. The first-order valence-corrected chi connectivity index (χ1v) is 9.19. The normalized spacial score (nSPS) is 15.8. The summed E-state index contributed by atoms with van der Waals surface area (Å²) in [5.74, 6) is -0.108. The average molecular weight is 396 g/mol. The van der Waals surface area contributed by atoms with Crippen LogP contribution in [0.5, 0.6) is 0 Å². The van der Waals surface area contributed by atoms with Crippen molar-refractivity contribution < 1.29 is 22.7 Å². The quantitative estimate of drug-likeness (QED) is 0.675. The maximum absolute atomic E-state index is 12.6. The smallest absolute Gasteiger partial charge is 0.372 e. The highest BCUT2D eigenvalue weighted by atomic mass is 19.4. The van der Waals surface area contributed by atoms with Gasteiger partial charge < -0.3 is 9.64 Å². The molecule has 0 spiro atoms. The molecule has 1 saturated heterocycles. The van der Waals surface area contributed by atoms with Gasteiger partial charge in [0.1, 0.15) is 6.61 Å². The summed E-state index contributed by atoms with van der Waals surface area (Å²) < 4.78 is 42.3. The van der Waals surface area contributed by atoms with E-state index in [-0.39, 0.29) is 12.5 Å². The van der Waals surface area contributed by atoms with Crippen LogP contribution in [-0.2, 0) is 4.74 Å². The molecule has 0 radical (unpaired) electrons. The molecular weight excluding hydrogens is 373 g/mol. The molecule has 28 heavy (non-hydrogen) atoms. The maximum Gasteiger partial charge on any atom is 0.411 e. The Kier molecular flexibility index (Phi) is 6.69. The Bertz CT molecular complexity index is 756. The van der Waals surface area contributed by atoms with E-state index < -0.39 is 12.8 Å². The minimum atomic E-state index is -4.28. The van der Waals surface area contributed by atoms with Gasteiger partial charge in [-0.05, 0) is 24.6 Å². The number of carbonyl (C=O) groups excluding carboxylic acids is 1. The fraction of sp³-hybridized carbons (Fsp3) is 0.474. The predicted molar refractivity (Wildman–Crippen MR) is 97.4 cm³/mol. The zero-order valence-electron chi connectivity index (χ0n) is 15.4. The SMILES string of the molecule is O=C(c1ccn(-c2ccccc2)n1)N1CCN(CCCOCC(F)(F)F)CC1. The number of ether oxygens (including phenoxy) is 1. The lowest BCUT2D eigenvalue weighted by Gasteiger charge is -2.34. The van der Waals surface area contributed by atoms with E-state index in [1.54, 1.807) is 21.8 Å². The Hall–Kier alpha value is -2.39. The Morgan fingerprint density at radius 1 is 1.07 bits per heavy atom. The lowest BCUT2D eigenvalue weighted by Crippen LogP contribution is -2.49. The molecule has 6 nitrogen and oxygen atoms in total. The molecule has 0 N–H and O–H groups in total. The third kappa shape index (κ3) is 5.80. The topological polar surface area (TPSA) is 50.6 Å². The van der Waals surface area contributed by atoms with Crippen molar-refractivity contribution in [2.75, 3.05) is 45.9 Å². The van der Waals surface area contributed by atoms with Crippen molar-refractivity contribution in [1.29, 1.82) is 0 Å². The van der Waals surface area contributed by atoms with E-state index in [9.17, 15) is 18.0 Å². The largest absolute Gasteiger partial charge is 0.411 e. The number of halogens is 3. The average Bonchev–Trinajstić information content (AvgIpc) is 3.18. The van der Waals surface area contributed by atoms with Crippen molar-refractivity contribution in [3.8, 4) is 5.69 Å². The minimum absolute atomic E-state index is 0.0789. The molecule has 3 rings (SSSR count). The van der Waals surface area contributed by atoms with E-state index in [1.807, 2.05) is 30.3 Å². The number of hydrogen-bond donors (Lipinski definition) is 0. The molecule has 2 aromatic rings. The van der Waals surface area contributed by atoms with Gasteiger partial charge in [0.2, 0.25) is 0 Å². The monoisotopic (exact) mass is 396 g/mol. The molecule has 0 bridgehead atoms. The van der Waals surface area contributed by atoms with Crippen LogP contribution < -0.4 is 0 Å². The minimum Gasteiger partial charge on any atom is -0.372 e. The molecule has 1 aromatic heterocycles. The van der Waals surface area contributed by atoms with E-state index in [4.69, 9.17) is 0 Å². The number of amides is 1. The Balaban J connectivity index is 1.41. The van der Waals surface area contributed by atoms with Gasteiger partial charge in [-0.2, -0.15) is 18.3 Å². The van der Waals surface area contributed by atoms with Crippen LogP contribution in [0.2, 0.25) is 0 Å². The molecule has 0 aliphatic carbocycles. The second-order valence-electron chi connectivity index (χ2n) is 6.64. The third-order valence-electron chi connectivity index (χ3n) is 4.52. The predicted octanol–water partition coefficient (Wildman–Crippen LogP) is 2.60. The van der Waals surface area contributed by atoms with E-state index in [0.29, 0.717) is 44.8 Å². The number of para-hydroxylation sites is 1. The number of alkyl halides is 3. The van der Waals surface area contributed by atoms with Crippen molar-refractivity contribution in [2.45, 2.75) is 12.6 Å². The molecule has 1 aliphatic heterocycles. The van der Waals surface area contributed by atoms with Gasteiger partial charge in [-0.3, -0.25) is 9.69 Å². The zero-order valence-corrected chi connectivity index (χ0v) is 15.4. The van der Waals surface area contributed by atoms with E-state index >= 15 is 0 Å². The van der Waals surface area contributed by atoms with E-state index in [0.717, 1.165) is 5.69 Å². The Morgan fingerprint density at radius 3 is 2.46 bits per heavy atom. The number of hydrogen-bond acceptors (Lipinski definition) is 4. The summed E-state index contributed by atoms with van der Waals surface area (Å²) >= 11 is 0. The second-order valence-corrected chi connectivity index (χ2v) is 6.64. The van der Waals surface area contributed by atoms with Crippen molar-refractivity contribution >= 4 is 5.91 Å². The highest BCUT2D eigenvalue weighted by molar-refractivity contribution is 5.92. The van der Waals surface area contributed by atoms with Gasteiger partial charge in [0.25, 0.3) is 5.91 Å². The number of carbonyl (C=O) groups is 1. The van der Waals surface area contributed by atoms with Crippen LogP contribution in [0.25, 0.3) is 5.69 Å². The number of nitrogens with zero attached hydrogens (tertiary/aromatic N) is 4. The van der Waals surface area contributed by atoms with Crippen LogP contribution in [0, 0.1) is 0 Å². The second kappa shape index (κ2) is 9.20. The molecule has 9 heteroatoms. The van der Waals surface area contributed by atoms with E-state index in [1.165, 1.54) is 0 Å². The third-order valence-corrected chi connectivity index (χ3v) is 4.52. The molecule has 1 fully saturated rings. The Morgan fingerprint density at radius 2 is 1.79 bits per heavy atom. The van der Waals surface area contributed by atoms with Gasteiger partial charge in [-0.1, -0.05) is 18.2 Å². The summed E-state index contributed by atoms with van der Waals surface area (Å²) in [6.45, 7) is 2.04. The molecule has 152 valence electrons. The summed E-state index contributed by atoms with van der Waals surface area (Å²) in [6, 6.07) is 11.3. The number of benzene rings is 1. The van der Waals surface area contributed by atoms with Gasteiger partial charge in [0.05, 0.1) is 5.69 Å². The number of piperazine rings is 1. The van der Waals surface area contributed by atoms with Crippen LogP contribution in [0.4, 0.5) is 13.2 Å². The molecular formula is C19H23F3N4O2. The molecule has 1 aromatic carbocycles. The summed E-state index contributed by atoms with van der Waals surface area (Å²) in [6.07, 6.45) is -1.98. The lowest BCUT2D eigenvalue weighted by molar-refractivity contribution is -0.174. The summed E-state index contributed by atoms with van der Waals surface area (Å²) in [4.78, 5) is 16.5. The van der Waals surface area contributed by atoms with Crippen LogP contribution in [0.1, 0.15) is 16.9 Å². The first-order valence-electron chi connectivity index (χ1n) is 9.19. The highest BCUT2D eigenvalue weighted by Crippen LogP contribution is 2.15. The van der Waals surface area contributed by atoms with Crippen molar-refractivity contribution in [2.24, 2.45) is 0 Å². The fourth-order valence-electron chi connectivity index (χ4n) is 3.08. The molecule has 1 aliphatic rings. The van der Waals surface area contributed by atoms with Crippen LogP contribution in [0.15, 0.2) is 42.6 Å². The van der Waals surface area contributed by atoms with Crippen molar-refractivity contribution in [1.82, 2.24) is 19.6 Å². The molecule has 0 atom stereocenters. The van der Waals surface area contributed by atoms with Crippen LogP contribution in [-0.4, -0.2) is 77.6 Å². The van der Waals surface area contributed by atoms with Gasteiger partial charge in [0.15, 0.2) is 5.69 Å². The van der Waals surface area contributed by atoms with Crippen LogP contribution >= 0.6 is 0 Å². The van der Waals surface area contributed by atoms with Gasteiger partial charge in [0, 0.05) is 45.5 Å². The summed E-state index contributed by atoms with van der Waals surface area (Å²) in [5, 5.41) is 4.37. The van der Waals surface area contributed by atoms with Crippen molar-refractivity contribution in [3.63, 3.8) is 0 Å². The van der Waals surface area contributed by atoms with Gasteiger partial charge in [-0.15, -0.1) is 0 Å². The maximum atomic E-state index is 12.6. The zero-order chi connectivity index (χ0) is 20.0. The molecule has 1 amide bonds. The van der Waals surface area contributed by atoms with Gasteiger partial charge >= 0.3 is 6.18 Å². The number of aromatic nitrogens is 2. The highest BCUT2D eigenvalue weighted by Gasteiger charge is 2.27. The molecule has 2 heterocycles. The molecule has 0 saturated carbocycles. The standard InChI is InChI=1S/C19H23F3N4O2/c20-19(21,22)15-28-14-4-8-24-10-12-25(13-11-24)18(27)17-7-9-26(23-17)16-5-2-1-3-6-16/h1-3,5-7,9H,4,8,10-15H2. The lowest BCUT2D eigenvalue weighted by atomic mass is 10.2. The van der Waals surface area contributed by atoms with E-state index in [2.05, 4.69) is 14.7 Å². The molecule has 0 unspecified atom stereocenters. The fourth-order valence-corrected chi connectivity index (χ4v) is 3.08.